The van der Waals surface area contributed by atoms with Crippen molar-refractivity contribution in [3.63, 3.8) is 0 Å². The van der Waals surface area contributed by atoms with Gasteiger partial charge >= 0.3 is 0 Å². The summed E-state index contributed by atoms with van der Waals surface area (Å²) in [6, 6.07) is 4.10. The van der Waals surface area contributed by atoms with Crippen LogP contribution in [0.25, 0.3) is 0 Å². The van der Waals surface area contributed by atoms with Gasteiger partial charge in [0.1, 0.15) is 5.76 Å². The lowest BCUT2D eigenvalue weighted by atomic mass is 10.1. The molecular weight excluding hydrogens is 340 g/mol. The lowest BCUT2D eigenvalue weighted by Crippen LogP contribution is -2.52. The highest BCUT2D eigenvalue weighted by Gasteiger charge is 2.20. The Kier molecular flexibility index (Phi) is 6.81. The van der Waals surface area contributed by atoms with Crippen molar-refractivity contribution in [1.29, 1.82) is 0 Å². The zero-order valence-electron chi connectivity index (χ0n) is 16.6. The van der Waals surface area contributed by atoms with Crippen LogP contribution in [0.1, 0.15) is 29.5 Å². The molecule has 0 aliphatic carbocycles. The van der Waals surface area contributed by atoms with Gasteiger partial charge in [0, 0.05) is 64.3 Å². The third-order valence-electron chi connectivity index (χ3n) is 4.85. The number of hydrogen-bond donors (Lipinski definition) is 1. The number of piperazine rings is 1. The van der Waals surface area contributed by atoms with E-state index in [0.717, 1.165) is 69.6 Å². The van der Waals surface area contributed by atoms with Gasteiger partial charge in [-0.2, -0.15) is 0 Å². The number of nitrogens with one attached hydrogen (secondary N) is 1. The molecule has 1 saturated heterocycles. The van der Waals surface area contributed by atoms with Crippen molar-refractivity contribution in [3.05, 3.63) is 47.1 Å². The molecule has 2 aromatic rings. The van der Waals surface area contributed by atoms with Crippen molar-refractivity contribution >= 4 is 5.96 Å². The molecule has 3 heterocycles. The minimum Gasteiger partial charge on any atom is -0.361 e. The maximum atomic E-state index is 5.17. The van der Waals surface area contributed by atoms with E-state index in [0.29, 0.717) is 0 Å². The Labute approximate surface area is 161 Å². The molecule has 7 nitrogen and oxygen atoms in total. The van der Waals surface area contributed by atoms with Gasteiger partial charge in [-0.25, -0.2) is 0 Å². The first-order valence-electron chi connectivity index (χ1n) is 9.73. The molecular formula is C20H30N6O. The standard InChI is InChI=1S/C20H30N6O/c1-4-22-20(23-8-6-18-5-7-21-14-16(18)2)26-11-9-25(10-12-26)15-19-13-17(3)27-24-19/h5,7,13-14H,4,6,8-12,15H2,1-3H3,(H,22,23). The molecule has 0 unspecified atom stereocenters. The Morgan fingerprint density at radius 2 is 2.07 bits per heavy atom. The number of guanidine groups is 1. The summed E-state index contributed by atoms with van der Waals surface area (Å²) >= 11 is 0. The molecule has 0 radical (unpaired) electrons. The van der Waals surface area contributed by atoms with E-state index in [1.807, 2.05) is 25.4 Å². The van der Waals surface area contributed by atoms with Crippen molar-refractivity contribution in [2.24, 2.45) is 4.99 Å². The summed E-state index contributed by atoms with van der Waals surface area (Å²) in [6.45, 7) is 12.6. The normalized spacial score (nSPS) is 16.0. The molecule has 0 aromatic carbocycles. The van der Waals surface area contributed by atoms with Crippen LogP contribution in [0.2, 0.25) is 0 Å². The summed E-state index contributed by atoms with van der Waals surface area (Å²) in [7, 11) is 0. The topological polar surface area (TPSA) is 69.8 Å². The van der Waals surface area contributed by atoms with Gasteiger partial charge in [0.25, 0.3) is 0 Å². The van der Waals surface area contributed by atoms with Gasteiger partial charge < -0.3 is 14.7 Å². The fourth-order valence-corrected chi connectivity index (χ4v) is 3.33. The second-order valence-corrected chi connectivity index (χ2v) is 6.98. The molecule has 1 fully saturated rings. The van der Waals surface area contributed by atoms with Gasteiger partial charge in [0.2, 0.25) is 0 Å². The van der Waals surface area contributed by atoms with Crippen molar-refractivity contribution < 1.29 is 4.52 Å². The zero-order valence-corrected chi connectivity index (χ0v) is 16.6. The Hall–Kier alpha value is -2.41. The van der Waals surface area contributed by atoms with Crippen molar-refractivity contribution in [1.82, 2.24) is 25.3 Å². The minimum absolute atomic E-state index is 0.783. The van der Waals surface area contributed by atoms with Crippen LogP contribution in [0.5, 0.6) is 0 Å². The molecule has 0 bridgehead atoms. The molecule has 146 valence electrons. The van der Waals surface area contributed by atoms with E-state index in [-0.39, 0.29) is 0 Å². The summed E-state index contributed by atoms with van der Waals surface area (Å²) in [5.41, 5.74) is 3.56. The number of nitrogens with zero attached hydrogens (tertiary/aromatic N) is 5. The fraction of sp³-hybridized carbons (Fsp3) is 0.550. The number of aryl methyl sites for hydroxylation is 2. The monoisotopic (exact) mass is 370 g/mol. The van der Waals surface area contributed by atoms with E-state index >= 15 is 0 Å². The number of rotatable bonds is 6. The van der Waals surface area contributed by atoms with E-state index < -0.39 is 0 Å². The molecule has 1 aliphatic rings. The average molecular weight is 371 g/mol. The average Bonchev–Trinajstić information content (AvgIpc) is 3.08. The quantitative estimate of drug-likeness (QED) is 0.620. The maximum Gasteiger partial charge on any atom is 0.194 e. The highest BCUT2D eigenvalue weighted by Crippen LogP contribution is 2.10. The highest BCUT2D eigenvalue weighted by atomic mass is 16.5. The summed E-state index contributed by atoms with van der Waals surface area (Å²) in [5.74, 6) is 1.88. The van der Waals surface area contributed by atoms with Crippen molar-refractivity contribution in [2.75, 3.05) is 39.3 Å². The molecule has 1 N–H and O–H groups in total. The van der Waals surface area contributed by atoms with Crippen LogP contribution >= 0.6 is 0 Å². The van der Waals surface area contributed by atoms with Crippen LogP contribution < -0.4 is 5.32 Å². The first-order chi connectivity index (χ1) is 13.2. The molecule has 7 heteroatoms. The van der Waals surface area contributed by atoms with Crippen LogP contribution in [0.4, 0.5) is 0 Å². The summed E-state index contributed by atoms with van der Waals surface area (Å²) in [6.07, 6.45) is 4.71. The molecule has 0 saturated carbocycles. The molecule has 1 aliphatic heterocycles. The van der Waals surface area contributed by atoms with Gasteiger partial charge in [0.05, 0.1) is 5.69 Å². The molecule has 2 aromatic heterocycles. The smallest absolute Gasteiger partial charge is 0.194 e. The second kappa shape index (κ2) is 9.50. The fourth-order valence-electron chi connectivity index (χ4n) is 3.33. The van der Waals surface area contributed by atoms with Gasteiger partial charge in [-0.1, -0.05) is 5.16 Å². The van der Waals surface area contributed by atoms with Crippen molar-refractivity contribution in [3.8, 4) is 0 Å². The first-order valence-corrected chi connectivity index (χ1v) is 9.73. The molecule has 27 heavy (non-hydrogen) atoms. The van der Waals surface area contributed by atoms with Crippen LogP contribution in [0.3, 0.4) is 0 Å². The number of aromatic nitrogens is 2. The lowest BCUT2D eigenvalue weighted by molar-refractivity contribution is 0.169. The highest BCUT2D eigenvalue weighted by molar-refractivity contribution is 5.80. The van der Waals surface area contributed by atoms with Crippen LogP contribution in [-0.2, 0) is 13.0 Å². The Morgan fingerprint density at radius 1 is 1.26 bits per heavy atom. The minimum atomic E-state index is 0.783. The Morgan fingerprint density at radius 3 is 2.74 bits per heavy atom. The summed E-state index contributed by atoms with van der Waals surface area (Å²) in [5, 5.41) is 7.54. The predicted molar refractivity (Wildman–Crippen MR) is 107 cm³/mol. The predicted octanol–water partition coefficient (Wildman–Crippen LogP) is 2.01. The van der Waals surface area contributed by atoms with E-state index in [4.69, 9.17) is 9.52 Å². The van der Waals surface area contributed by atoms with Crippen LogP contribution in [0, 0.1) is 13.8 Å². The van der Waals surface area contributed by atoms with Gasteiger partial charge in [-0.3, -0.25) is 14.9 Å². The SMILES string of the molecule is CCNC(=NCCc1ccncc1C)N1CCN(Cc2cc(C)on2)CC1. The lowest BCUT2D eigenvalue weighted by Gasteiger charge is -2.36. The zero-order chi connectivity index (χ0) is 19.1. The third-order valence-corrected chi connectivity index (χ3v) is 4.85. The maximum absolute atomic E-state index is 5.17. The van der Waals surface area contributed by atoms with Gasteiger partial charge in [0.15, 0.2) is 5.96 Å². The van der Waals surface area contributed by atoms with Crippen LogP contribution in [-0.4, -0.2) is 65.2 Å². The third kappa shape index (κ3) is 5.53. The van der Waals surface area contributed by atoms with Gasteiger partial charge in [-0.15, -0.1) is 0 Å². The molecule has 0 atom stereocenters. The molecule has 0 amide bonds. The van der Waals surface area contributed by atoms with E-state index in [1.54, 1.807) is 0 Å². The molecule has 0 spiro atoms. The number of aliphatic imine (C=N–C) groups is 1. The van der Waals surface area contributed by atoms with E-state index in [9.17, 15) is 0 Å². The summed E-state index contributed by atoms with van der Waals surface area (Å²) in [4.78, 5) is 13.8. The number of pyridine rings is 1. The summed E-state index contributed by atoms with van der Waals surface area (Å²) < 4.78 is 5.17. The van der Waals surface area contributed by atoms with Crippen molar-refractivity contribution in [2.45, 2.75) is 33.7 Å². The van der Waals surface area contributed by atoms with E-state index in [1.165, 1.54) is 11.1 Å². The first kappa shape index (κ1) is 19.4. The number of hydrogen-bond acceptors (Lipinski definition) is 5. The second-order valence-electron chi connectivity index (χ2n) is 6.98. The molecule has 3 rings (SSSR count). The largest absolute Gasteiger partial charge is 0.361 e. The van der Waals surface area contributed by atoms with Gasteiger partial charge in [-0.05, 0) is 44.4 Å². The van der Waals surface area contributed by atoms with E-state index in [2.05, 4.69) is 45.2 Å². The Bertz CT molecular complexity index is 748. The van der Waals surface area contributed by atoms with Crippen LogP contribution in [0.15, 0.2) is 34.0 Å². The Balaban J connectivity index is 1.52.